The molecule has 1 rings (SSSR count). The average Bonchev–Trinajstić information content (AvgIpc) is 2.28. The van der Waals surface area contributed by atoms with Crippen LogP contribution in [0.1, 0.15) is 12.5 Å². The first-order chi connectivity index (χ1) is 7.58. The first-order valence-electron chi connectivity index (χ1n) is 4.44. The highest BCUT2D eigenvalue weighted by Crippen LogP contribution is 2.24. The van der Waals surface area contributed by atoms with Crippen molar-refractivity contribution in [1.29, 1.82) is 0 Å². The molecule has 0 aliphatic carbocycles. The van der Waals surface area contributed by atoms with Crippen LogP contribution in [0.4, 0.5) is 0 Å². The van der Waals surface area contributed by atoms with Gasteiger partial charge >= 0.3 is 5.97 Å². The smallest absolute Gasteiger partial charge is 0.335 e. The van der Waals surface area contributed by atoms with Crippen LogP contribution in [-0.4, -0.2) is 22.0 Å². The van der Waals surface area contributed by atoms with Crippen LogP contribution in [0.3, 0.4) is 0 Å². The number of oxime groups is 1. The SMILES string of the molecule is C=CC(=O)Oc1ccc(/C(C)=N/O)c(O)c1. The predicted molar refractivity (Wildman–Crippen MR) is 57.9 cm³/mol. The van der Waals surface area contributed by atoms with E-state index in [0.717, 1.165) is 6.08 Å². The van der Waals surface area contributed by atoms with Crippen LogP contribution >= 0.6 is 0 Å². The van der Waals surface area contributed by atoms with E-state index in [4.69, 9.17) is 9.94 Å². The van der Waals surface area contributed by atoms with Gasteiger partial charge in [-0.05, 0) is 19.1 Å². The summed E-state index contributed by atoms with van der Waals surface area (Å²) < 4.78 is 4.79. The molecule has 0 atom stereocenters. The summed E-state index contributed by atoms with van der Waals surface area (Å²) in [4.78, 5) is 10.9. The zero-order chi connectivity index (χ0) is 12.1. The largest absolute Gasteiger partial charge is 0.507 e. The Morgan fingerprint density at radius 1 is 1.56 bits per heavy atom. The molecule has 0 fully saturated rings. The van der Waals surface area contributed by atoms with Gasteiger partial charge in [0.15, 0.2) is 0 Å². The van der Waals surface area contributed by atoms with Crippen molar-refractivity contribution in [1.82, 2.24) is 0 Å². The topological polar surface area (TPSA) is 79.1 Å². The number of carbonyl (C=O) groups is 1. The summed E-state index contributed by atoms with van der Waals surface area (Å²) in [5, 5.41) is 21.1. The lowest BCUT2D eigenvalue weighted by Gasteiger charge is -2.05. The molecule has 2 N–H and O–H groups in total. The van der Waals surface area contributed by atoms with Crippen molar-refractivity contribution in [2.24, 2.45) is 5.16 Å². The molecule has 0 spiro atoms. The highest BCUT2D eigenvalue weighted by Gasteiger charge is 2.08. The molecule has 0 saturated carbocycles. The van der Waals surface area contributed by atoms with Gasteiger partial charge in [-0.2, -0.15) is 0 Å². The lowest BCUT2D eigenvalue weighted by Crippen LogP contribution is -2.03. The fourth-order valence-electron chi connectivity index (χ4n) is 1.09. The van der Waals surface area contributed by atoms with Crippen molar-refractivity contribution < 1.29 is 19.8 Å². The quantitative estimate of drug-likeness (QED) is 0.203. The van der Waals surface area contributed by atoms with Crippen LogP contribution in [0.25, 0.3) is 0 Å². The highest BCUT2D eigenvalue weighted by atomic mass is 16.5. The lowest BCUT2D eigenvalue weighted by molar-refractivity contribution is -0.128. The average molecular weight is 221 g/mol. The number of carbonyl (C=O) groups excluding carboxylic acids is 1. The molecule has 5 heteroatoms. The normalized spacial score (nSPS) is 10.9. The van der Waals surface area contributed by atoms with Crippen molar-refractivity contribution in [3.8, 4) is 11.5 Å². The van der Waals surface area contributed by atoms with Gasteiger partial charge in [-0.15, -0.1) is 0 Å². The second-order valence-electron chi connectivity index (χ2n) is 2.99. The summed E-state index contributed by atoms with van der Waals surface area (Å²) in [7, 11) is 0. The summed E-state index contributed by atoms with van der Waals surface area (Å²) in [6, 6.07) is 4.21. The third-order valence-corrected chi connectivity index (χ3v) is 1.89. The van der Waals surface area contributed by atoms with E-state index < -0.39 is 5.97 Å². The maximum Gasteiger partial charge on any atom is 0.335 e. The van der Waals surface area contributed by atoms with E-state index >= 15 is 0 Å². The van der Waals surface area contributed by atoms with Crippen molar-refractivity contribution >= 4 is 11.7 Å². The monoisotopic (exact) mass is 221 g/mol. The molecular formula is C11H11NO4. The van der Waals surface area contributed by atoms with Crippen molar-refractivity contribution in [2.75, 3.05) is 0 Å². The first-order valence-corrected chi connectivity index (χ1v) is 4.44. The Morgan fingerprint density at radius 2 is 2.25 bits per heavy atom. The second kappa shape index (κ2) is 4.97. The number of esters is 1. The van der Waals surface area contributed by atoms with Crippen LogP contribution in [0.5, 0.6) is 11.5 Å². The molecule has 1 aromatic rings. The minimum atomic E-state index is -0.611. The lowest BCUT2D eigenvalue weighted by atomic mass is 10.1. The van der Waals surface area contributed by atoms with Crippen LogP contribution in [0.2, 0.25) is 0 Å². The second-order valence-corrected chi connectivity index (χ2v) is 2.99. The Hall–Kier alpha value is -2.30. The molecule has 0 bridgehead atoms. The van der Waals surface area contributed by atoms with Gasteiger partial charge in [-0.3, -0.25) is 0 Å². The third kappa shape index (κ3) is 2.60. The van der Waals surface area contributed by atoms with Gasteiger partial charge in [0, 0.05) is 17.7 Å². The summed E-state index contributed by atoms with van der Waals surface area (Å²) in [6.07, 6.45) is 1.02. The predicted octanol–water partition coefficient (Wildman–Crippen LogP) is 1.68. The molecule has 5 nitrogen and oxygen atoms in total. The fourth-order valence-corrected chi connectivity index (χ4v) is 1.09. The minimum Gasteiger partial charge on any atom is -0.507 e. The fraction of sp³-hybridized carbons (Fsp3) is 0.0909. The van der Waals surface area contributed by atoms with E-state index in [2.05, 4.69) is 11.7 Å². The van der Waals surface area contributed by atoms with Gasteiger partial charge < -0.3 is 15.1 Å². The Kier molecular flexibility index (Phi) is 3.66. The molecule has 0 aliphatic heterocycles. The Labute approximate surface area is 92.3 Å². The van der Waals surface area contributed by atoms with E-state index in [1.165, 1.54) is 25.1 Å². The Morgan fingerprint density at radius 3 is 2.75 bits per heavy atom. The van der Waals surface area contributed by atoms with Crippen LogP contribution < -0.4 is 4.74 Å². The number of phenolic OH excluding ortho intramolecular Hbond substituents is 1. The van der Waals surface area contributed by atoms with Crippen LogP contribution in [0.15, 0.2) is 36.0 Å². The van der Waals surface area contributed by atoms with Crippen LogP contribution in [0, 0.1) is 0 Å². The molecular weight excluding hydrogens is 210 g/mol. The van der Waals surface area contributed by atoms with Gasteiger partial charge in [0.05, 0.1) is 5.71 Å². The maximum absolute atomic E-state index is 10.9. The van der Waals surface area contributed by atoms with Crippen LogP contribution in [-0.2, 0) is 4.79 Å². The molecule has 0 aliphatic rings. The van der Waals surface area contributed by atoms with Crippen molar-refractivity contribution in [3.05, 3.63) is 36.4 Å². The molecule has 0 amide bonds. The molecule has 0 radical (unpaired) electrons. The molecule has 0 saturated heterocycles. The third-order valence-electron chi connectivity index (χ3n) is 1.89. The molecule has 16 heavy (non-hydrogen) atoms. The van der Waals surface area contributed by atoms with E-state index in [-0.39, 0.29) is 17.2 Å². The number of benzene rings is 1. The Balaban J connectivity index is 2.99. The van der Waals surface area contributed by atoms with E-state index in [9.17, 15) is 9.90 Å². The molecule has 1 aromatic carbocycles. The highest BCUT2D eigenvalue weighted by molar-refractivity contribution is 6.00. The Bertz CT molecular complexity index is 451. The van der Waals surface area contributed by atoms with Crippen molar-refractivity contribution in [2.45, 2.75) is 6.92 Å². The molecule has 0 unspecified atom stereocenters. The molecule has 0 heterocycles. The molecule has 84 valence electrons. The summed E-state index contributed by atoms with van der Waals surface area (Å²) in [5.41, 5.74) is 0.625. The number of hydrogen-bond donors (Lipinski definition) is 2. The summed E-state index contributed by atoms with van der Waals surface area (Å²) in [6.45, 7) is 4.78. The maximum atomic E-state index is 10.9. The standard InChI is InChI=1S/C11H11NO4/c1-3-11(14)16-8-4-5-9(7(2)12-15)10(13)6-8/h3-6,13,15H,1H2,2H3/b12-7+. The van der Waals surface area contributed by atoms with E-state index in [1.807, 2.05) is 0 Å². The van der Waals surface area contributed by atoms with Gasteiger partial charge in [-0.1, -0.05) is 11.7 Å². The number of phenols is 1. The van der Waals surface area contributed by atoms with Gasteiger partial charge in [0.2, 0.25) is 0 Å². The van der Waals surface area contributed by atoms with Gasteiger partial charge in [-0.25, -0.2) is 4.79 Å². The first kappa shape index (κ1) is 11.8. The number of ether oxygens (including phenoxy) is 1. The zero-order valence-corrected chi connectivity index (χ0v) is 8.67. The summed E-state index contributed by atoms with van der Waals surface area (Å²) in [5.74, 6) is -0.554. The summed E-state index contributed by atoms with van der Waals surface area (Å²) >= 11 is 0. The van der Waals surface area contributed by atoms with E-state index in [0.29, 0.717) is 5.56 Å². The number of rotatable bonds is 3. The van der Waals surface area contributed by atoms with E-state index in [1.54, 1.807) is 0 Å². The number of nitrogens with zero attached hydrogens (tertiary/aromatic N) is 1. The van der Waals surface area contributed by atoms with Gasteiger partial charge in [0.1, 0.15) is 11.5 Å². The van der Waals surface area contributed by atoms with Gasteiger partial charge in [0.25, 0.3) is 0 Å². The zero-order valence-electron chi connectivity index (χ0n) is 8.67. The number of hydrogen-bond acceptors (Lipinski definition) is 5. The minimum absolute atomic E-state index is 0.135. The molecule has 0 aromatic heterocycles. The number of aromatic hydroxyl groups is 1. The van der Waals surface area contributed by atoms with Crippen molar-refractivity contribution in [3.63, 3.8) is 0 Å².